The zero-order valence-electron chi connectivity index (χ0n) is 17.4. The van der Waals surface area contributed by atoms with Crippen LogP contribution in [-0.2, 0) is 11.3 Å². The number of fused-ring (bicyclic) bond motifs is 1. The van der Waals surface area contributed by atoms with Crippen LogP contribution in [0.5, 0.6) is 0 Å². The Morgan fingerprint density at radius 3 is 2.87 bits per heavy atom. The Bertz CT molecular complexity index is 1150. The molecule has 0 spiro atoms. The Balaban J connectivity index is 1.25. The van der Waals surface area contributed by atoms with Gasteiger partial charge in [0.05, 0.1) is 30.0 Å². The van der Waals surface area contributed by atoms with Crippen molar-refractivity contribution in [2.75, 3.05) is 18.0 Å². The number of hydrogen-bond donors (Lipinski definition) is 1. The molecule has 1 amide bonds. The summed E-state index contributed by atoms with van der Waals surface area (Å²) in [5.74, 6) is 0.0372. The lowest BCUT2D eigenvalue weighted by Gasteiger charge is -2.31. The summed E-state index contributed by atoms with van der Waals surface area (Å²) in [4.78, 5) is 24.8. The van der Waals surface area contributed by atoms with Gasteiger partial charge in [0.1, 0.15) is 0 Å². The van der Waals surface area contributed by atoms with Crippen molar-refractivity contribution in [3.8, 4) is 11.3 Å². The van der Waals surface area contributed by atoms with Gasteiger partial charge in [0, 0.05) is 24.8 Å². The fourth-order valence-corrected chi connectivity index (χ4v) is 4.79. The van der Waals surface area contributed by atoms with Gasteiger partial charge >= 0.3 is 0 Å². The van der Waals surface area contributed by atoms with E-state index < -0.39 is 0 Å². The van der Waals surface area contributed by atoms with Gasteiger partial charge in [-0.3, -0.25) is 9.78 Å². The van der Waals surface area contributed by atoms with Crippen molar-refractivity contribution < 1.29 is 4.79 Å². The SMILES string of the molecule is Cc1ccc(-c2cn3nc(N4CCC[C@H](C(=O)NCc5ccccn5)C4)sc3n2)cc1. The Morgan fingerprint density at radius 1 is 1.23 bits per heavy atom. The number of amides is 1. The van der Waals surface area contributed by atoms with Crippen molar-refractivity contribution in [2.24, 2.45) is 5.92 Å². The molecule has 4 heterocycles. The summed E-state index contributed by atoms with van der Waals surface area (Å²) in [5.41, 5.74) is 4.12. The summed E-state index contributed by atoms with van der Waals surface area (Å²) in [6, 6.07) is 14.1. The number of benzene rings is 1. The number of hydrogen-bond acceptors (Lipinski definition) is 6. The van der Waals surface area contributed by atoms with Crippen molar-refractivity contribution in [2.45, 2.75) is 26.3 Å². The minimum Gasteiger partial charge on any atom is -0.350 e. The lowest BCUT2D eigenvalue weighted by Crippen LogP contribution is -2.43. The van der Waals surface area contributed by atoms with E-state index in [0.717, 1.165) is 46.4 Å². The molecule has 4 aromatic rings. The highest BCUT2D eigenvalue weighted by Crippen LogP contribution is 2.30. The number of pyridine rings is 1. The maximum absolute atomic E-state index is 12.7. The van der Waals surface area contributed by atoms with Crippen LogP contribution in [0.15, 0.2) is 54.9 Å². The Hall–Kier alpha value is -3.26. The van der Waals surface area contributed by atoms with Crippen molar-refractivity contribution >= 4 is 27.3 Å². The van der Waals surface area contributed by atoms with E-state index in [4.69, 9.17) is 10.1 Å². The number of aryl methyl sites for hydroxylation is 1. The molecule has 1 atom stereocenters. The van der Waals surface area contributed by atoms with Gasteiger partial charge < -0.3 is 10.2 Å². The molecule has 31 heavy (non-hydrogen) atoms. The molecule has 0 aliphatic carbocycles. The number of anilines is 1. The van der Waals surface area contributed by atoms with Crippen LogP contribution in [0.1, 0.15) is 24.1 Å². The zero-order chi connectivity index (χ0) is 21.2. The van der Waals surface area contributed by atoms with E-state index in [1.54, 1.807) is 17.5 Å². The van der Waals surface area contributed by atoms with Gasteiger partial charge in [-0.05, 0) is 31.9 Å². The van der Waals surface area contributed by atoms with Gasteiger partial charge in [-0.25, -0.2) is 9.50 Å². The number of piperidine rings is 1. The normalized spacial score (nSPS) is 16.5. The highest BCUT2D eigenvalue weighted by Gasteiger charge is 2.28. The van der Waals surface area contributed by atoms with E-state index in [2.05, 4.69) is 46.4 Å². The average Bonchev–Trinajstić information content (AvgIpc) is 3.38. The number of rotatable bonds is 5. The van der Waals surface area contributed by atoms with Gasteiger partial charge in [0.15, 0.2) is 0 Å². The highest BCUT2D eigenvalue weighted by atomic mass is 32.1. The number of aromatic nitrogens is 4. The molecule has 8 heteroatoms. The zero-order valence-corrected chi connectivity index (χ0v) is 18.2. The lowest BCUT2D eigenvalue weighted by molar-refractivity contribution is -0.125. The predicted molar refractivity (Wildman–Crippen MR) is 122 cm³/mol. The summed E-state index contributed by atoms with van der Waals surface area (Å²) in [6.07, 6.45) is 5.58. The lowest BCUT2D eigenvalue weighted by atomic mass is 9.97. The molecule has 3 aromatic heterocycles. The first-order chi connectivity index (χ1) is 15.2. The second kappa shape index (κ2) is 8.47. The van der Waals surface area contributed by atoms with Crippen LogP contribution >= 0.6 is 11.3 Å². The standard InChI is InChI=1S/C23H24N6OS/c1-16-7-9-17(10-8-16)20-15-29-22(26-20)31-23(27-29)28-12-4-5-18(14-28)21(30)25-13-19-6-2-3-11-24-19/h2-3,6-11,15,18H,4-5,12-14H2,1H3,(H,25,30)/t18-/m0/s1. The Labute approximate surface area is 184 Å². The van der Waals surface area contributed by atoms with E-state index in [1.807, 2.05) is 28.9 Å². The number of imidazole rings is 1. The first kappa shape index (κ1) is 19.7. The van der Waals surface area contributed by atoms with Crippen LogP contribution in [0.2, 0.25) is 0 Å². The number of carbonyl (C=O) groups excluding carboxylic acids is 1. The van der Waals surface area contributed by atoms with Crippen molar-refractivity contribution in [3.63, 3.8) is 0 Å². The predicted octanol–water partition coefficient (Wildman–Crippen LogP) is 3.69. The maximum atomic E-state index is 12.7. The number of carbonyl (C=O) groups is 1. The van der Waals surface area contributed by atoms with E-state index in [0.29, 0.717) is 13.1 Å². The molecule has 1 aliphatic rings. The molecule has 0 radical (unpaired) electrons. The summed E-state index contributed by atoms with van der Waals surface area (Å²) in [5, 5.41) is 8.69. The molecule has 1 N–H and O–H groups in total. The van der Waals surface area contributed by atoms with E-state index in [-0.39, 0.29) is 11.8 Å². The quantitative estimate of drug-likeness (QED) is 0.521. The molecule has 7 nitrogen and oxygen atoms in total. The summed E-state index contributed by atoms with van der Waals surface area (Å²) < 4.78 is 1.85. The minimum absolute atomic E-state index is 0.0446. The monoisotopic (exact) mass is 432 g/mol. The third-order valence-corrected chi connectivity index (χ3v) is 6.60. The van der Waals surface area contributed by atoms with Crippen LogP contribution in [-0.4, -0.2) is 38.6 Å². The Kier molecular flexibility index (Phi) is 5.38. The number of nitrogens with zero attached hydrogens (tertiary/aromatic N) is 5. The van der Waals surface area contributed by atoms with Crippen LogP contribution in [0.3, 0.4) is 0 Å². The van der Waals surface area contributed by atoms with Gasteiger partial charge in [-0.2, -0.15) is 0 Å². The van der Waals surface area contributed by atoms with Crippen LogP contribution in [0.25, 0.3) is 16.2 Å². The van der Waals surface area contributed by atoms with E-state index in [9.17, 15) is 4.79 Å². The summed E-state index contributed by atoms with van der Waals surface area (Å²) in [7, 11) is 0. The fourth-order valence-electron chi connectivity index (χ4n) is 3.87. The van der Waals surface area contributed by atoms with Gasteiger partial charge in [0.2, 0.25) is 16.0 Å². The Morgan fingerprint density at radius 2 is 2.10 bits per heavy atom. The molecule has 1 fully saturated rings. The van der Waals surface area contributed by atoms with Crippen LogP contribution in [0, 0.1) is 12.8 Å². The fraction of sp³-hybridized carbons (Fsp3) is 0.304. The first-order valence-electron chi connectivity index (χ1n) is 10.5. The van der Waals surface area contributed by atoms with Gasteiger partial charge in [-0.15, -0.1) is 5.10 Å². The average molecular weight is 433 g/mol. The van der Waals surface area contributed by atoms with Gasteiger partial charge in [-0.1, -0.05) is 47.2 Å². The van der Waals surface area contributed by atoms with Crippen molar-refractivity contribution in [1.82, 2.24) is 24.9 Å². The molecule has 0 saturated carbocycles. The summed E-state index contributed by atoms with van der Waals surface area (Å²) in [6.45, 7) is 4.12. The highest BCUT2D eigenvalue weighted by molar-refractivity contribution is 7.20. The molecule has 0 bridgehead atoms. The molecule has 5 rings (SSSR count). The molecular weight excluding hydrogens is 408 g/mol. The third-order valence-electron chi connectivity index (χ3n) is 5.61. The molecule has 158 valence electrons. The van der Waals surface area contributed by atoms with E-state index in [1.165, 1.54) is 5.56 Å². The van der Waals surface area contributed by atoms with Crippen molar-refractivity contribution in [1.29, 1.82) is 0 Å². The maximum Gasteiger partial charge on any atom is 0.225 e. The molecule has 1 aromatic carbocycles. The molecule has 1 saturated heterocycles. The largest absolute Gasteiger partial charge is 0.350 e. The third kappa shape index (κ3) is 4.29. The molecule has 0 unspecified atom stereocenters. The first-order valence-corrected chi connectivity index (χ1v) is 11.3. The van der Waals surface area contributed by atoms with Crippen molar-refractivity contribution in [3.05, 3.63) is 66.1 Å². The van der Waals surface area contributed by atoms with Crippen LogP contribution < -0.4 is 10.2 Å². The second-order valence-corrected chi connectivity index (χ2v) is 8.86. The molecule has 1 aliphatic heterocycles. The topological polar surface area (TPSA) is 75.4 Å². The second-order valence-electron chi connectivity index (χ2n) is 7.93. The smallest absolute Gasteiger partial charge is 0.225 e. The summed E-state index contributed by atoms with van der Waals surface area (Å²) >= 11 is 1.57. The minimum atomic E-state index is -0.0446. The molecular formula is C23H24N6OS. The van der Waals surface area contributed by atoms with Gasteiger partial charge in [0.25, 0.3) is 0 Å². The number of nitrogens with one attached hydrogen (secondary N) is 1. The van der Waals surface area contributed by atoms with Crippen LogP contribution in [0.4, 0.5) is 5.13 Å². The van der Waals surface area contributed by atoms with E-state index >= 15 is 0 Å².